The van der Waals surface area contributed by atoms with Crippen LogP contribution >= 0.6 is 0 Å². The number of rotatable bonds is 1. The Labute approximate surface area is 103 Å². The van der Waals surface area contributed by atoms with E-state index in [1.165, 1.54) is 0 Å². The highest BCUT2D eigenvalue weighted by Crippen LogP contribution is 2.09. The molecule has 2 amide bonds. The molecule has 0 fully saturated rings. The van der Waals surface area contributed by atoms with Gasteiger partial charge in [0.1, 0.15) is 0 Å². The van der Waals surface area contributed by atoms with E-state index in [9.17, 15) is 9.59 Å². The van der Waals surface area contributed by atoms with Crippen LogP contribution in [0.4, 0.5) is 0 Å². The van der Waals surface area contributed by atoms with Gasteiger partial charge in [-0.05, 0) is 18.8 Å². The van der Waals surface area contributed by atoms with E-state index < -0.39 is 0 Å². The Bertz CT molecular complexity index is 298. The van der Waals surface area contributed by atoms with Crippen LogP contribution in [0.15, 0.2) is 12.2 Å². The zero-order valence-corrected chi connectivity index (χ0v) is 10.7. The van der Waals surface area contributed by atoms with Gasteiger partial charge in [0.05, 0.1) is 0 Å². The van der Waals surface area contributed by atoms with Gasteiger partial charge in [0.15, 0.2) is 0 Å². The third-order valence-electron chi connectivity index (χ3n) is 2.94. The number of amides is 2. The predicted octanol–water partition coefficient (Wildman–Crippen LogP) is 1.37. The van der Waals surface area contributed by atoms with Gasteiger partial charge >= 0.3 is 0 Å². The van der Waals surface area contributed by atoms with E-state index in [1.807, 2.05) is 12.2 Å². The molecule has 1 rings (SSSR count). The molecule has 2 N–H and O–H groups in total. The molecule has 0 radical (unpaired) electrons. The van der Waals surface area contributed by atoms with Gasteiger partial charge in [-0.3, -0.25) is 9.59 Å². The van der Waals surface area contributed by atoms with Crippen LogP contribution in [0.1, 0.15) is 39.5 Å². The quantitative estimate of drug-likeness (QED) is 0.678. The lowest BCUT2D eigenvalue weighted by atomic mass is 9.98. The van der Waals surface area contributed by atoms with Gasteiger partial charge < -0.3 is 10.6 Å². The fourth-order valence-electron chi connectivity index (χ4n) is 1.82. The Hall–Kier alpha value is -1.32. The van der Waals surface area contributed by atoms with Crippen molar-refractivity contribution < 1.29 is 9.59 Å². The van der Waals surface area contributed by atoms with Crippen molar-refractivity contribution in [2.24, 2.45) is 5.92 Å². The first-order chi connectivity index (χ1) is 8.09. The zero-order chi connectivity index (χ0) is 12.7. The second kappa shape index (κ2) is 7.09. The van der Waals surface area contributed by atoms with Crippen LogP contribution in [-0.4, -0.2) is 24.4 Å². The van der Waals surface area contributed by atoms with E-state index in [1.54, 1.807) is 0 Å². The molecule has 96 valence electrons. The Balaban J connectivity index is 2.61. The monoisotopic (exact) mass is 238 g/mol. The molecular formula is C13H22N2O2. The van der Waals surface area contributed by atoms with Gasteiger partial charge in [-0.1, -0.05) is 26.0 Å². The van der Waals surface area contributed by atoms with Crippen LogP contribution in [0.5, 0.6) is 0 Å². The molecule has 0 aliphatic carbocycles. The molecule has 0 aromatic rings. The topological polar surface area (TPSA) is 58.2 Å². The van der Waals surface area contributed by atoms with Gasteiger partial charge in [0.25, 0.3) is 0 Å². The first-order valence-electron chi connectivity index (χ1n) is 6.30. The Morgan fingerprint density at radius 2 is 2.00 bits per heavy atom. The summed E-state index contributed by atoms with van der Waals surface area (Å²) in [5, 5.41) is 5.85. The van der Waals surface area contributed by atoms with E-state index in [0.717, 1.165) is 6.42 Å². The van der Waals surface area contributed by atoms with Crippen LogP contribution in [-0.2, 0) is 9.59 Å². The first-order valence-corrected chi connectivity index (χ1v) is 6.30. The van der Waals surface area contributed by atoms with Crippen molar-refractivity contribution in [1.82, 2.24) is 10.6 Å². The number of carbonyl (C=O) groups excluding carboxylic acids is 2. The molecule has 0 saturated carbocycles. The maximum Gasteiger partial charge on any atom is 0.224 e. The lowest BCUT2D eigenvalue weighted by molar-refractivity contribution is -0.123. The molecule has 0 aromatic heterocycles. The van der Waals surface area contributed by atoms with Crippen LogP contribution in [0, 0.1) is 5.92 Å². The highest BCUT2D eigenvalue weighted by molar-refractivity contribution is 5.78. The van der Waals surface area contributed by atoms with Gasteiger partial charge in [-0.25, -0.2) is 0 Å². The third kappa shape index (κ3) is 5.52. The van der Waals surface area contributed by atoms with Gasteiger partial charge in [0.2, 0.25) is 11.8 Å². The maximum absolute atomic E-state index is 11.6. The summed E-state index contributed by atoms with van der Waals surface area (Å²) in [6.45, 7) is 4.78. The van der Waals surface area contributed by atoms with Crippen molar-refractivity contribution in [3.63, 3.8) is 0 Å². The molecule has 0 bridgehead atoms. The molecular weight excluding hydrogens is 216 g/mol. The minimum absolute atomic E-state index is 0.0425. The second-order valence-corrected chi connectivity index (χ2v) is 4.77. The van der Waals surface area contributed by atoms with E-state index in [2.05, 4.69) is 24.5 Å². The molecule has 1 aliphatic rings. The minimum Gasteiger partial charge on any atom is -0.356 e. The summed E-state index contributed by atoms with van der Waals surface area (Å²) < 4.78 is 0. The van der Waals surface area contributed by atoms with Gasteiger partial charge in [0, 0.05) is 25.4 Å². The zero-order valence-electron chi connectivity index (χ0n) is 10.7. The van der Waals surface area contributed by atoms with Crippen molar-refractivity contribution in [2.75, 3.05) is 6.54 Å². The van der Waals surface area contributed by atoms with E-state index in [4.69, 9.17) is 0 Å². The highest BCUT2D eigenvalue weighted by Gasteiger charge is 2.17. The van der Waals surface area contributed by atoms with Crippen molar-refractivity contribution in [3.05, 3.63) is 12.2 Å². The van der Waals surface area contributed by atoms with Crippen molar-refractivity contribution in [1.29, 1.82) is 0 Å². The number of nitrogens with one attached hydrogen (secondary N) is 2. The Kier molecular flexibility index (Phi) is 5.73. The molecule has 0 spiro atoms. The first kappa shape index (κ1) is 13.7. The Morgan fingerprint density at radius 3 is 2.71 bits per heavy atom. The van der Waals surface area contributed by atoms with E-state index in [0.29, 0.717) is 31.7 Å². The van der Waals surface area contributed by atoms with Crippen molar-refractivity contribution >= 4 is 11.8 Å². The van der Waals surface area contributed by atoms with E-state index >= 15 is 0 Å². The SMILES string of the molecule is CC(C)C1CCC(=O)NCC/C=C/CC(=O)N1. The average molecular weight is 238 g/mol. The molecule has 4 heteroatoms. The normalized spacial score (nSPS) is 25.5. The summed E-state index contributed by atoms with van der Waals surface area (Å²) in [6.07, 6.45) is 6.20. The van der Waals surface area contributed by atoms with Gasteiger partial charge in [-0.15, -0.1) is 0 Å². The molecule has 1 unspecified atom stereocenters. The van der Waals surface area contributed by atoms with Crippen LogP contribution in [0.2, 0.25) is 0 Å². The summed E-state index contributed by atoms with van der Waals surface area (Å²) >= 11 is 0. The smallest absolute Gasteiger partial charge is 0.224 e. The third-order valence-corrected chi connectivity index (χ3v) is 2.94. The summed E-state index contributed by atoms with van der Waals surface area (Å²) in [5.41, 5.74) is 0. The molecule has 1 aliphatic heterocycles. The van der Waals surface area contributed by atoms with Crippen LogP contribution in [0.25, 0.3) is 0 Å². The lowest BCUT2D eigenvalue weighted by Crippen LogP contribution is -2.39. The summed E-state index contributed by atoms with van der Waals surface area (Å²) in [6, 6.07) is 0.0843. The number of carbonyl (C=O) groups is 2. The fourth-order valence-corrected chi connectivity index (χ4v) is 1.82. The van der Waals surface area contributed by atoms with Crippen molar-refractivity contribution in [3.8, 4) is 0 Å². The standard InChI is InChI=1S/C13H22N2O2/c1-10(2)11-7-8-12(16)14-9-5-3-4-6-13(17)15-11/h3-4,10-11H,5-9H2,1-2H3,(H,14,16)(H,15,17)/b4-3+. The number of hydrogen-bond donors (Lipinski definition) is 2. The molecule has 1 heterocycles. The molecule has 0 aromatic carbocycles. The molecule has 4 nitrogen and oxygen atoms in total. The van der Waals surface area contributed by atoms with Crippen LogP contribution < -0.4 is 10.6 Å². The molecule has 1 atom stereocenters. The van der Waals surface area contributed by atoms with E-state index in [-0.39, 0.29) is 17.9 Å². The predicted molar refractivity (Wildman–Crippen MR) is 67.4 cm³/mol. The van der Waals surface area contributed by atoms with Gasteiger partial charge in [-0.2, -0.15) is 0 Å². The fraction of sp³-hybridized carbons (Fsp3) is 0.692. The average Bonchev–Trinajstić information content (AvgIpc) is 2.26. The minimum atomic E-state index is 0.0425. The largest absolute Gasteiger partial charge is 0.356 e. The second-order valence-electron chi connectivity index (χ2n) is 4.77. The van der Waals surface area contributed by atoms with Crippen molar-refractivity contribution in [2.45, 2.75) is 45.6 Å². The highest BCUT2D eigenvalue weighted by atomic mass is 16.2. The maximum atomic E-state index is 11.6. The number of hydrogen-bond acceptors (Lipinski definition) is 2. The molecule has 17 heavy (non-hydrogen) atoms. The summed E-state index contributed by atoms with van der Waals surface area (Å²) in [5.74, 6) is 0.457. The molecule has 0 saturated heterocycles. The summed E-state index contributed by atoms with van der Waals surface area (Å²) in [4.78, 5) is 23.1. The van der Waals surface area contributed by atoms with Crippen LogP contribution in [0.3, 0.4) is 0 Å². The Morgan fingerprint density at radius 1 is 1.24 bits per heavy atom. The summed E-state index contributed by atoms with van der Waals surface area (Å²) in [7, 11) is 0. The lowest BCUT2D eigenvalue weighted by Gasteiger charge is -2.22.